The van der Waals surface area contributed by atoms with E-state index in [-0.39, 0.29) is 0 Å². The molecular weight excluding hydrogens is 350 g/mol. The highest BCUT2D eigenvalue weighted by Gasteiger charge is 2.30. The molecule has 5 heteroatoms. The zero-order chi connectivity index (χ0) is 17.4. The van der Waals surface area contributed by atoms with Gasteiger partial charge in [0.15, 0.2) is 0 Å². The number of thiophene rings is 1. The molecule has 0 spiro atoms. The van der Waals surface area contributed by atoms with Gasteiger partial charge in [0.25, 0.3) is 0 Å². The normalized spacial score (nSPS) is 13.7. The minimum absolute atomic E-state index is 0.672. The number of hydrogen-bond donors (Lipinski definition) is 1. The lowest BCUT2D eigenvalue weighted by molar-refractivity contribution is 0.102. The van der Waals surface area contributed by atoms with E-state index in [0.717, 1.165) is 22.6 Å². The Hall–Kier alpha value is -2.21. The van der Waals surface area contributed by atoms with Gasteiger partial charge in [-0.25, -0.2) is 4.98 Å². The molecule has 0 aliphatic rings. The molecule has 1 unspecified atom stereocenters. The molecule has 2 aromatic heterocycles. The second-order valence-corrected chi connectivity index (χ2v) is 7.76. The molecule has 4 aromatic rings. The molecule has 4 rings (SSSR count). The number of thiazole rings is 1. The van der Waals surface area contributed by atoms with Crippen LogP contribution >= 0.6 is 22.7 Å². The van der Waals surface area contributed by atoms with Crippen LogP contribution in [0, 0.1) is 0 Å². The van der Waals surface area contributed by atoms with Crippen LogP contribution in [0.2, 0.25) is 0 Å². The van der Waals surface area contributed by atoms with E-state index in [2.05, 4.69) is 17.5 Å². The van der Waals surface area contributed by atoms with E-state index >= 15 is 0 Å². The quantitative estimate of drug-likeness (QED) is 0.533. The summed E-state index contributed by atoms with van der Waals surface area (Å²) in [6.07, 6.45) is 0. The second kappa shape index (κ2) is 6.26. The van der Waals surface area contributed by atoms with Gasteiger partial charge in [0.2, 0.25) is 0 Å². The number of aliphatic hydroxyl groups is 1. The van der Waals surface area contributed by atoms with Crippen molar-refractivity contribution in [2.24, 2.45) is 0 Å². The van der Waals surface area contributed by atoms with Crippen LogP contribution in [0.5, 0.6) is 5.75 Å². The van der Waals surface area contributed by atoms with Crippen molar-refractivity contribution in [3.05, 3.63) is 69.9 Å². The molecule has 0 amide bonds. The van der Waals surface area contributed by atoms with Crippen LogP contribution in [-0.2, 0) is 5.60 Å². The van der Waals surface area contributed by atoms with E-state index in [4.69, 9.17) is 9.72 Å². The third-order valence-electron chi connectivity index (χ3n) is 4.31. The number of fused-ring (bicyclic) bond motifs is 1. The molecule has 0 radical (unpaired) electrons. The van der Waals surface area contributed by atoms with Crippen molar-refractivity contribution in [2.75, 3.05) is 7.11 Å². The first-order valence-corrected chi connectivity index (χ1v) is 9.65. The molecule has 1 atom stereocenters. The summed E-state index contributed by atoms with van der Waals surface area (Å²) in [5.41, 5.74) is 1.62. The lowest BCUT2D eigenvalue weighted by atomic mass is 9.96. The number of methoxy groups -OCH3 is 1. The predicted octanol–water partition coefficient (Wildman–Crippen LogP) is 5.29. The largest absolute Gasteiger partial charge is 0.497 e. The Balaban J connectivity index is 1.75. The average Bonchev–Trinajstić information content (AvgIpc) is 3.28. The summed E-state index contributed by atoms with van der Waals surface area (Å²) in [5.74, 6) is 0.721. The van der Waals surface area contributed by atoms with Crippen molar-refractivity contribution in [3.8, 4) is 17.0 Å². The lowest BCUT2D eigenvalue weighted by Crippen LogP contribution is -2.22. The second-order valence-electron chi connectivity index (χ2n) is 5.99. The first kappa shape index (κ1) is 16.3. The molecule has 0 saturated carbocycles. The number of rotatable bonds is 4. The van der Waals surface area contributed by atoms with Crippen molar-refractivity contribution < 1.29 is 9.84 Å². The smallest absolute Gasteiger partial charge is 0.138 e. The Morgan fingerprint density at radius 1 is 1.04 bits per heavy atom. The molecule has 25 heavy (non-hydrogen) atoms. The summed E-state index contributed by atoms with van der Waals surface area (Å²) < 4.78 is 6.51. The van der Waals surface area contributed by atoms with Crippen LogP contribution in [0.15, 0.2) is 59.3 Å². The fourth-order valence-electron chi connectivity index (χ4n) is 2.85. The van der Waals surface area contributed by atoms with Gasteiger partial charge in [0, 0.05) is 26.4 Å². The molecule has 0 saturated heterocycles. The first-order chi connectivity index (χ1) is 12.1. The minimum Gasteiger partial charge on any atom is -0.497 e. The maximum absolute atomic E-state index is 11.1. The molecular formula is C20H17NO2S2. The van der Waals surface area contributed by atoms with Gasteiger partial charge in [-0.05, 0) is 30.7 Å². The number of nitrogens with zero attached hydrogens (tertiary/aromatic N) is 1. The van der Waals surface area contributed by atoms with Gasteiger partial charge in [-0.2, -0.15) is 0 Å². The van der Waals surface area contributed by atoms with Crippen molar-refractivity contribution in [1.82, 2.24) is 4.98 Å². The summed E-state index contributed by atoms with van der Waals surface area (Å²) in [6, 6.07) is 15.8. The molecule has 1 N–H and O–H groups in total. The molecule has 0 aliphatic heterocycles. The van der Waals surface area contributed by atoms with E-state index in [0.29, 0.717) is 5.01 Å². The van der Waals surface area contributed by atoms with E-state index in [1.807, 2.05) is 41.8 Å². The Morgan fingerprint density at radius 3 is 2.72 bits per heavy atom. The van der Waals surface area contributed by atoms with Crippen LogP contribution in [0.3, 0.4) is 0 Å². The highest BCUT2D eigenvalue weighted by atomic mass is 32.1. The third-order valence-corrected chi connectivity index (χ3v) is 6.33. The Bertz CT molecular complexity index is 1030. The van der Waals surface area contributed by atoms with Gasteiger partial charge in [-0.3, -0.25) is 0 Å². The molecule has 0 bridgehead atoms. The Morgan fingerprint density at radius 2 is 1.88 bits per heavy atom. The topological polar surface area (TPSA) is 42.4 Å². The highest BCUT2D eigenvalue weighted by Crippen LogP contribution is 2.38. The Kier molecular flexibility index (Phi) is 4.07. The van der Waals surface area contributed by atoms with Crippen LogP contribution in [-0.4, -0.2) is 17.2 Å². The Labute approximate surface area is 154 Å². The molecule has 0 fully saturated rings. The van der Waals surface area contributed by atoms with E-state index in [1.165, 1.54) is 21.4 Å². The van der Waals surface area contributed by atoms with Gasteiger partial charge in [-0.1, -0.05) is 30.3 Å². The fraction of sp³-hybridized carbons (Fsp3) is 0.150. The molecule has 3 nitrogen and oxygen atoms in total. The molecule has 126 valence electrons. The summed E-state index contributed by atoms with van der Waals surface area (Å²) in [4.78, 5) is 4.74. The molecule has 2 aromatic carbocycles. The first-order valence-electron chi connectivity index (χ1n) is 7.89. The number of ether oxygens (including phenoxy) is 1. The summed E-state index contributed by atoms with van der Waals surface area (Å²) >= 11 is 3.19. The maximum Gasteiger partial charge on any atom is 0.138 e. The van der Waals surface area contributed by atoms with Crippen LogP contribution in [0.1, 0.15) is 17.5 Å². The standard InChI is InChI=1S/C20H17NO2S2/c1-20(22,13-6-5-7-14(10-13)23-2)19-21-17(12-25-19)16-11-24-18-9-4-3-8-15(16)18/h3-12,22H,1-2H3. The van der Waals surface area contributed by atoms with Crippen LogP contribution < -0.4 is 4.74 Å². The SMILES string of the molecule is COc1cccc(C(C)(O)c2nc(-c3csc4ccccc34)cs2)c1. The van der Waals surface area contributed by atoms with Gasteiger partial charge < -0.3 is 9.84 Å². The monoisotopic (exact) mass is 367 g/mol. The fourth-order valence-corrected chi connectivity index (χ4v) is 4.70. The highest BCUT2D eigenvalue weighted by molar-refractivity contribution is 7.17. The summed E-state index contributed by atoms with van der Waals surface area (Å²) in [6.45, 7) is 1.77. The number of benzene rings is 2. The molecule has 0 aliphatic carbocycles. The third kappa shape index (κ3) is 2.84. The summed E-state index contributed by atoms with van der Waals surface area (Å²) in [7, 11) is 1.62. The zero-order valence-corrected chi connectivity index (χ0v) is 15.5. The van der Waals surface area contributed by atoms with E-state index in [1.54, 1.807) is 25.4 Å². The minimum atomic E-state index is -1.16. The van der Waals surface area contributed by atoms with Gasteiger partial charge >= 0.3 is 0 Å². The zero-order valence-electron chi connectivity index (χ0n) is 13.9. The van der Waals surface area contributed by atoms with Crippen molar-refractivity contribution in [1.29, 1.82) is 0 Å². The lowest BCUT2D eigenvalue weighted by Gasteiger charge is -2.21. The van der Waals surface area contributed by atoms with E-state index < -0.39 is 5.60 Å². The van der Waals surface area contributed by atoms with Gasteiger partial charge in [0.1, 0.15) is 16.4 Å². The van der Waals surface area contributed by atoms with Crippen LogP contribution in [0.25, 0.3) is 21.3 Å². The number of aromatic nitrogens is 1. The van der Waals surface area contributed by atoms with Gasteiger partial charge in [0.05, 0.1) is 12.8 Å². The van der Waals surface area contributed by atoms with Crippen molar-refractivity contribution >= 4 is 32.8 Å². The average molecular weight is 367 g/mol. The predicted molar refractivity (Wildman–Crippen MR) is 105 cm³/mol. The number of hydrogen-bond acceptors (Lipinski definition) is 5. The molecule has 2 heterocycles. The van der Waals surface area contributed by atoms with E-state index in [9.17, 15) is 5.11 Å². The van der Waals surface area contributed by atoms with Crippen LogP contribution in [0.4, 0.5) is 0 Å². The van der Waals surface area contributed by atoms with Crippen molar-refractivity contribution in [3.63, 3.8) is 0 Å². The van der Waals surface area contributed by atoms with Gasteiger partial charge in [-0.15, -0.1) is 22.7 Å². The van der Waals surface area contributed by atoms with Crippen molar-refractivity contribution in [2.45, 2.75) is 12.5 Å². The maximum atomic E-state index is 11.1. The summed E-state index contributed by atoms with van der Waals surface area (Å²) in [5, 5.41) is 17.1.